The average Bonchev–Trinajstić information content (AvgIpc) is 3.02. The number of fused-ring (bicyclic) bond motifs is 6. The number of aryl methyl sites for hydroxylation is 1. The van der Waals surface area contributed by atoms with Crippen molar-refractivity contribution >= 4 is 66.6 Å². The van der Waals surface area contributed by atoms with Crippen LogP contribution in [-0.2, 0) is 0 Å². The van der Waals surface area contributed by atoms with Gasteiger partial charge >= 0.3 is 0 Å². The maximum absolute atomic E-state index is 6.02. The molecule has 5 aromatic rings. The minimum absolute atomic E-state index is 0.949. The quantitative estimate of drug-likeness (QED) is 0.285. The van der Waals surface area contributed by atoms with Gasteiger partial charge in [0.05, 0.1) is 33.9 Å². The maximum Gasteiger partial charge on any atom is 0.137 e. The molecule has 0 amide bonds. The number of hydrogen-bond donors (Lipinski definition) is 0. The molecule has 3 aromatic carbocycles. The second kappa shape index (κ2) is 4.26. The van der Waals surface area contributed by atoms with E-state index in [1.54, 1.807) is 0 Å². The lowest BCUT2D eigenvalue weighted by atomic mass is 10.1. The van der Waals surface area contributed by atoms with E-state index in [2.05, 4.69) is 75.0 Å². The molecule has 0 aliphatic rings. The van der Waals surface area contributed by atoms with E-state index in [0.717, 1.165) is 11.2 Å². The van der Waals surface area contributed by atoms with Crippen molar-refractivity contribution in [3.8, 4) is 0 Å². The van der Waals surface area contributed by atoms with Gasteiger partial charge in [-0.15, -0.1) is 0 Å². The van der Waals surface area contributed by atoms with E-state index < -0.39 is 0 Å². The fraction of sp³-hybridized carbons (Fsp3) is 0.0526. The fourth-order valence-corrected chi connectivity index (χ4v) is 4.10. The van der Waals surface area contributed by atoms with Crippen LogP contribution in [0.2, 0.25) is 0 Å². The molecule has 0 unspecified atom stereocenters. The summed E-state index contributed by atoms with van der Waals surface area (Å²) in [4.78, 5) is 0. The molecule has 0 bridgehead atoms. The first-order valence-electron chi connectivity index (χ1n) is 7.24. The minimum atomic E-state index is 0.949. The second-order valence-corrected chi connectivity index (χ2v) is 6.73. The van der Waals surface area contributed by atoms with Crippen molar-refractivity contribution in [1.29, 1.82) is 0 Å². The van der Waals surface area contributed by atoms with Crippen LogP contribution >= 0.6 is 22.9 Å². The van der Waals surface area contributed by atoms with Crippen molar-refractivity contribution in [3.05, 3.63) is 60.2 Å². The highest BCUT2D eigenvalue weighted by Crippen LogP contribution is 2.37. The van der Waals surface area contributed by atoms with Gasteiger partial charge < -0.3 is 4.42 Å². The van der Waals surface area contributed by atoms with Gasteiger partial charge in [-0.05, 0) is 30.7 Å². The third-order valence-electron chi connectivity index (χ3n) is 4.36. The zero-order valence-corrected chi connectivity index (χ0v) is 14.1. The van der Waals surface area contributed by atoms with Crippen LogP contribution < -0.4 is 0 Å². The van der Waals surface area contributed by atoms with Gasteiger partial charge in [0.2, 0.25) is 0 Å². The first kappa shape index (κ1) is 12.5. The molecule has 0 aliphatic carbocycles. The predicted octanol–water partition coefficient (Wildman–Crippen LogP) is 6.20. The standard InChI is InChI=1S/C19H12INO/c1-11-6-7-12-14-9-15-13-4-2-3-5-18(13)22-19(15)10-17(14)21(20)16(12)8-11/h2-10H,1H3. The lowest BCUT2D eigenvalue weighted by Crippen LogP contribution is -1.78. The average molecular weight is 397 g/mol. The predicted molar refractivity (Wildman–Crippen MR) is 101 cm³/mol. The molecule has 2 aromatic heterocycles. The summed E-state index contributed by atoms with van der Waals surface area (Å²) in [6.07, 6.45) is 0. The Hall–Kier alpha value is -2.01. The molecule has 0 aliphatic heterocycles. The van der Waals surface area contributed by atoms with Crippen molar-refractivity contribution in [1.82, 2.24) is 2.78 Å². The van der Waals surface area contributed by atoms with Gasteiger partial charge in [-0.3, -0.25) is 2.78 Å². The second-order valence-electron chi connectivity index (χ2n) is 5.77. The van der Waals surface area contributed by atoms with Gasteiger partial charge in [-0.2, -0.15) is 0 Å². The van der Waals surface area contributed by atoms with E-state index in [1.807, 2.05) is 12.1 Å². The van der Waals surface area contributed by atoms with Gasteiger partial charge in [-0.25, -0.2) is 0 Å². The summed E-state index contributed by atoms with van der Waals surface area (Å²) >= 11 is 2.37. The number of rotatable bonds is 0. The Balaban J connectivity index is 2.05. The zero-order valence-electron chi connectivity index (χ0n) is 11.9. The summed E-state index contributed by atoms with van der Waals surface area (Å²) in [6, 6.07) is 19.3. The molecule has 106 valence electrons. The highest BCUT2D eigenvalue weighted by atomic mass is 127. The van der Waals surface area contributed by atoms with Crippen molar-refractivity contribution < 1.29 is 4.42 Å². The van der Waals surface area contributed by atoms with E-state index in [0.29, 0.717) is 0 Å². The number of aromatic nitrogens is 1. The van der Waals surface area contributed by atoms with Crippen LogP contribution in [0.15, 0.2) is 59.0 Å². The SMILES string of the molecule is Cc1ccc2c3cc4c(cc3n(I)c2c1)oc1ccccc14. The molecule has 3 heteroatoms. The Morgan fingerprint density at radius 1 is 0.773 bits per heavy atom. The molecular formula is C19H12INO. The molecule has 0 radical (unpaired) electrons. The largest absolute Gasteiger partial charge is 0.456 e. The Morgan fingerprint density at radius 3 is 2.50 bits per heavy atom. The molecule has 2 nitrogen and oxygen atoms in total. The maximum atomic E-state index is 6.02. The van der Waals surface area contributed by atoms with Gasteiger partial charge in [0, 0.05) is 27.6 Å². The summed E-state index contributed by atoms with van der Waals surface area (Å²) in [7, 11) is 0. The molecule has 0 saturated heterocycles. The van der Waals surface area contributed by atoms with Crippen LogP contribution in [0.3, 0.4) is 0 Å². The third-order valence-corrected chi connectivity index (χ3v) is 5.40. The van der Waals surface area contributed by atoms with E-state index in [-0.39, 0.29) is 0 Å². The molecular weight excluding hydrogens is 385 g/mol. The highest BCUT2D eigenvalue weighted by molar-refractivity contribution is 14.1. The number of hydrogen-bond acceptors (Lipinski definition) is 1. The Labute approximate surface area is 140 Å². The topological polar surface area (TPSA) is 18.1 Å². The van der Waals surface area contributed by atoms with Gasteiger partial charge in [0.1, 0.15) is 11.2 Å². The van der Waals surface area contributed by atoms with Crippen LogP contribution in [0.1, 0.15) is 5.56 Å². The first-order valence-corrected chi connectivity index (χ1v) is 8.21. The molecule has 5 rings (SSSR count). The summed E-state index contributed by atoms with van der Waals surface area (Å²) in [6.45, 7) is 2.13. The van der Waals surface area contributed by atoms with E-state index >= 15 is 0 Å². The number of nitrogens with zero attached hydrogens (tertiary/aromatic N) is 1. The minimum Gasteiger partial charge on any atom is -0.456 e. The number of para-hydroxylation sites is 1. The zero-order chi connectivity index (χ0) is 14.8. The number of furan rings is 1. The smallest absolute Gasteiger partial charge is 0.137 e. The van der Waals surface area contributed by atoms with Crippen molar-refractivity contribution in [2.75, 3.05) is 0 Å². The van der Waals surface area contributed by atoms with Crippen LogP contribution in [0.25, 0.3) is 43.7 Å². The molecule has 22 heavy (non-hydrogen) atoms. The van der Waals surface area contributed by atoms with E-state index in [1.165, 1.54) is 38.1 Å². The van der Waals surface area contributed by atoms with Crippen molar-refractivity contribution in [2.24, 2.45) is 0 Å². The van der Waals surface area contributed by atoms with Gasteiger partial charge in [0.25, 0.3) is 0 Å². The summed E-state index contributed by atoms with van der Waals surface area (Å²) in [5.74, 6) is 0. The Bertz CT molecular complexity index is 1200. The van der Waals surface area contributed by atoms with Crippen LogP contribution in [-0.4, -0.2) is 2.78 Å². The molecule has 0 N–H and O–H groups in total. The normalized spacial score (nSPS) is 12.1. The molecule has 0 saturated carbocycles. The number of benzene rings is 3. The van der Waals surface area contributed by atoms with Gasteiger partial charge in [0.15, 0.2) is 0 Å². The van der Waals surface area contributed by atoms with Crippen LogP contribution in [0, 0.1) is 6.92 Å². The lowest BCUT2D eigenvalue weighted by Gasteiger charge is -1.96. The summed E-state index contributed by atoms with van der Waals surface area (Å²) in [5.41, 5.74) is 5.64. The highest BCUT2D eigenvalue weighted by Gasteiger charge is 2.14. The fourth-order valence-electron chi connectivity index (χ4n) is 3.30. The third kappa shape index (κ3) is 1.54. The summed E-state index contributed by atoms with van der Waals surface area (Å²) in [5, 5.41) is 4.94. The molecule has 0 fully saturated rings. The first-order chi connectivity index (χ1) is 10.7. The van der Waals surface area contributed by atoms with E-state index in [4.69, 9.17) is 4.42 Å². The van der Waals surface area contributed by atoms with Crippen molar-refractivity contribution in [3.63, 3.8) is 0 Å². The summed E-state index contributed by atoms with van der Waals surface area (Å²) < 4.78 is 8.24. The van der Waals surface area contributed by atoms with E-state index in [9.17, 15) is 0 Å². The van der Waals surface area contributed by atoms with Crippen molar-refractivity contribution in [2.45, 2.75) is 6.92 Å². The Morgan fingerprint density at radius 2 is 1.59 bits per heavy atom. The molecule has 0 atom stereocenters. The van der Waals surface area contributed by atoms with Crippen LogP contribution in [0.5, 0.6) is 0 Å². The Kier molecular flexibility index (Phi) is 2.42. The molecule has 2 heterocycles. The monoisotopic (exact) mass is 397 g/mol. The molecule has 0 spiro atoms. The van der Waals surface area contributed by atoms with Crippen LogP contribution in [0.4, 0.5) is 0 Å². The lowest BCUT2D eigenvalue weighted by molar-refractivity contribution is 0.669. The number of halogens is 1. The van der Waals surface area contributed by atoms with Gasteiger partial charge in [-0.1, -0.05) is 30.3 Å².